The molecule has 2 fully saturated rings. The first-order chi connectivity index (χ1) is 14.2. The normalized spacial score (nSPS) is 20.2. The number of amides is 2. The van der Waals surface area contributed by atoms with Crippen molar-refractivity contribution in [2.45, 2.75) is 13.0 Å². The predicted molar refractivity (Wildman–Crippen MR) is 105 cm³/mol. The van der Waals surface area contributed by atoms with Crippen molar-refractivity contribution in [2.24, 2.45) is 5.92 Å². The van der Waals surface area contributed by atoms with Crippen molar-refractivity contribution in [1.82, 2.24) is 29.7 Å². The molecule has 29 heavy (non-hydrogen) atoms. The number of nitrogens with one attached hydrogen (secondary N) is 1. The van der Waals surface area contributed by atoms with E-state index in [1.54, 1.807) is 18.7 Å². The highest BCUT2D eigenvalue weighted by molar-refractivity contribution is 5.89. The molecule has 154 valence electrons. The Morgan fingerprint density at radius 1 is 1.24 bits per heavy atom. The first-order valence-corrected chi connectivity index (χ1v) is 9.98. The molecule has 0 bridgehead atoms. The van der Waals surface area contributed by atoms with Gasteiger partial charge in [0.05, 0.1) is 19.1 Å². The minimum absolute atomic E-state index is 0.0599. The van der Waals surface area contributed by atoms with Gasteiger partial charge >= 0.3 is 0 Å². The summed E-state index contributed by atoms with van der Waals surface area (Å²) in [5, 5.41) is 2.96. The number of carbonyl (C=O) groups excluding carboxylic acids is 2. The lowest BCUT2D eigenvalue weighted by atomic mass is 10.1. The fourth-order valence-corrected chi connectivity index (χ4v) is 3.69. The van der Waals surface area contributed by atoms with Crippen molar-refractivity contribution in [1.29, 1.82) is 0 Å². The van der Waals surface area contributed by atoms with Crippen molar-refractivity contribution in [3.63, 3.8) is 0 Å². The van der Waals surface area contributed by atoms with Gasteiger partial charge in [-0.2, -0.15) is 0 Å². The van der Waals surface area contributed by atoms with E-state index in [-0.39, 0.29) is 24.2 Å². The van der Waals surface area contributed by atoms with Crippen LogP contribution in [0.4, 0.5) is 0 Å². The largest absolute Gasteiger partial charge is 0.379 e. The van der Waals surface area contributed by atoms with Crippen LogP contribution in [-0.4, -0.2) is 82.1 Å². The van der Waals surface area contributed by atoms with Crippen LogP contribution < -0.4 is 5.32 Å². The van der Waals surface area contributed by atoms with Crippen molar-refractivity contribution in [3.8, 4) is 5.82 Å². The lowest BCUT2D eigenvalue weighted by Gasteiger charge is -2.28. The fraction of sp³-hybridized carbons (Fsp3) is 0.500. The average molecular weight is 398 g/mol. The van der Waals surface area contributed by atoms with E-state index in [1.807, 2.05) is 27.8 Å². The van der Waals surface area contributed by atoms with Crippen molar-refractivity contribution < 1.29 is 14.3 Å². The molecule has 0 aliphatic carbocycles. The highest BCUT2D eigenvalue weighted by Gasteiger charge is 2.34. The lowest BCUT2D eigenvalue weighted by Crippen LogP contribution is -2.42. The third kappa shape index (κ3) is 4.99. The molecular weight excluding hydrogens is 372 g/mol. The van der Waals surface area contributed by atoms with Crippen LogP contribution >= 0.6 is 0 Å². The van der Waals surface area contributed by atoms with Gasteiger partial charge in [0.25, 0.3) is 0 Å². The highest BCUT2D eigenvalue weighted by Crippen LogP contribution is 2.18. The molecule has 0 aromatic carbocycles. The molecule has 0 spiro atoms. The Labute approximate surface area is 169 Å². The van der Waals surface area contributed by atoms with Gasteiger partial charge in [0, 0.05) is 64.3 Å². The Kier molecular flexibility index (Phi) is 6.16. The summed E-state index contributed by atoms with van der Waals surface area (Å²) in [6.07, 6.45) is 7.19. The number of hydrogen-bond donors (Lipinski definition) is 1. The molecule has 0 radical (unpaired) electrons. The Hall–Kier alpha value is -2.78. The number of nitrogens with zero attached hydrogens (tertiary/aromatic N) is 5. The number of hydrogen-bond acceptors (Lipinski definition) is 6. The maximum Gasteiger partial charge on any atom is 0.225 e. The molecule has 2 aromatic heterocycles. The van der Waals surface area contributed by atoms with E-state index in [4.69, 9.17) is 4.74 Å². The van der Waals surface area contributed by atoms with Gasteiger partial charge in [-0.3, -0.25) is 19.1 Å². The number of imidazole rings is 1. The third-order valence-corrected chi connectivity index (χ3v) is 5.42. The summed E-state index contributed by atoms with van der Waals surface area (Å²) in [5.41, 5.74) is 0.950. The number of aromatic nitrogens is 3. The summed E-state index contributed by atoms with van der Waals surface area (Å²) in [6, 6.07) is 3.78. The van der Waals surface area contributed by atoms with Crippen LogP contribution in [0.15, 0.2) is 37.1 Å². The molecule has 4 rings (SSSR count). The van der Waals surface area contributed by atoms with Crippen LogP contribution in [0.3, 0.4) is 0 Å². The molecule has 2 aliphatic heterocycles. The van der Waals surface area contributed by atoms with Gasteiger partial charge in [-0.05, 0) is 17.7 Å². The molecule has 1 atom stereocenters. The zero-order valence-corrected chi connectivity index (χ0v) is 16.4. The standard InChI is InChI=1S/C20H26N6O3/c27-19-12-17(14-25(19)6-5-24-7-9-29-10-8-24)20(28)23-13-16-1-2-22-18(11-16)26-4-3-21-15-26/h1-4,11,15,17H,5-10,12-14H2,(H,23,28). The Balaban J connectivity index is 1.26. The number of carbonyl (C=O) groups is 2. The van der Waals surface area contributed by atoms with E-state index in [2.05, 4.69) is 20.2 Å². The maximum absolute atomic E-state index is 12.6. The van der Waals surface area contributed by atoms with E-state index in [9.17, 15) is 9.59 Å². The molecule has 4 heterocycles. The second-order valence-electron chi connectivity index (χ2n) is 7.40. The van der Waals surface area contributed by atoms with Crippen LogP contribution in [0, 0.1) is 5.92 Å². The van der Waals surface area contributed by atoms with Crippen LogP contribution in [0.25, 0.3) is 5.82 Å². The fourth-order valence-electron chi connectivity index (χ4n) is 3.69. The van der Waals surface area contributed by atoms with Gasteiger partial charge in [0.1, 0.15) is 12.1 Å². The highest BCUT2D eigenvalue weighted by atomic mass is 16.5. The zero-order valence-electron chi connectivity index (χ0n) is 16.4. The molecule has 1 unspecified atom stereocenters. The minimum atomic E-state index is -0.290. The molecule has 2 aromatic rings. The molecule has 9 heteroatoms. The molecule has 2 saturated heterocycles. The van der Waals surface area contributed by atoms with Crippen LogP contribution in [-0.2, 0) is 20.9 Å². The van der Waals surface area contributed by atoms with Gasteiger partial charge in [0.2, 0.25) is 11.8 Å². The van der Waals surface area contributed by atoms with E-state index in [0.29, 0.717) is 19.6 Å². The van der Waals surface area contributed by atoms with Crippen LogP contribution in [0.1, 0.15) is 12.0 Å². The predicted octanol–water partition coefficient (Wildman–Crippen LogP) is 0.0642. The van der Waals surface area contributed by atoms with Gasteiger partial charge in [0.15, 0.2) is 0 Å². The topological polar surface area (TPSA) is 92.6 Å². The number of likely N-dealkylation sites (tertiary alicyclic amines) is 1. The van der Waals surface area contributed by atoms with E-state index in [1.165, 1.54) is 0 Å². The van der Waals surface area contributed by atoms with Crippen molar-refractivity contribution in [2.75, 3.05) is 45.9 Å². The van der Waals surface area contributed by atoms with E-state index >= 15 is 0 Å². The molecule has 2 aliphatic rings. The maximum atomic E-state index is 12.6. The number of pyridine rings is 1. The van der Waals surface area contributed by atoms with Crippen molar-refractivity contribution >= 4 is 11.8 Å². The second-order valence-corrected chi connectivity index (χ2v) is 7.40. The Morgan fingerprint density at radius 3 is 2.90 bits per heavy atom. The number of ether oxygens (including phenoxy) is 1. The molecule has 1 N–H and O–H groups in total. The zero-order chi connectivity index (χ0) is 20.1. The number of rotatable bonds is 7. The lowest BCUT2D eigenvalue weighted by molar-refractivity contribution is -0.129. The van der Waals surface area contributed by atoms with E-state index < -0.39 is 0 Å². The monoisotopic (exact) mass is 398 g/mol. The summed E-state index contributed by atoms with van der Waals surface area (Å²) in [5.74, 6) is 0.444. The average Bonchev–Trinajstić information content (AvgIpc) is 3.42. The van der Waals surface area contributed by atoms with Gasteiger partial charge in [-0.1, -0.05) is 0 Å². The van der Waals surface area contributed by atoms with Gasteiger partial charge < -0.3 is 15.0 Å². The van der Waals surface area contributed by atoms with Crippen molar-refractivity contribution in [3.05, 3.63) is 42.6 Å². The molecule has 0 saturated carbocycles. The Bertz CT molecular complexity index is 835. The summed E-state index contributed by atoms with van der Waals surface area (Å²) in [6.45, 7) is 5.69. The van der Waals surface area contributed by atoms with Gasteiger partial charge in [-0.25, -0.2) is 9.97 Å². The molecular formula is C20H26N6O3. The summed E-state index contributed by atoms with van der Waals surface area (Å²) < 4.78 is 7.16. The van der Waals surface area contributed by atoms with E-state index in [0.717, 1.165) is 44.2 Å². The first-order valence-electron chi connectivity index (χ1n) is 9.98. The summed E-state index contributed by atoms with van der Waals surface area (Å²) in [4.78, 5) is 37.3. The van der Waals surface area contributed by atoms with Gasteiger partial charge in [-0.15, -0.1) is 0 Å². The second kappa shape index (κ2) is 9.15. The minimum Gasteiger partial charge on any atom is -0.379 e. The smallest absolute Gasteiger partial charge is 0.225 e. The summed E-state index contributed by atoms with van der Waals surface area (Å²) in [7, 11) is 0. The van der Waals surface area contributed by atoms with Crippen LogP contribution in [0.2, 0.25) is 0 Å². The number of morpholine rings is 1. The third-order valence-electron chi connectivity index (χ3n) is 5.42. The SMILES string of the molecule is O=C(NCc1ccnc(-n2ccnc2)c1)C1CC(=O)N(CCN2CCOCC2)C1. The molecule has 2 amide bonds. The molecule has 9 nitrogen and oxygen atoms in total. The quantitative estimate of drug-likeness (QED) is 0.709. The van der Waals surface area contributed by atoms with Crippen LogP contribution in [0.5, 0.6) is 0 Å². The first kappa shape index (κ1) is 19.5. The summed E-state index contributed by atoms with van der Waals surface area (Å²) >= 11 is 0. The Morgan fingerprint density at radius 2 is 2.10 bits per heavy atom.